The van der Waals surface area contributed by atoms with E-state index in [-0.39, 0.29) is 11.3 Å². The van der Waals surface area contributed by atoms with Crippen LogP contribution in [0.4, 0.5) is 17.1 Å². The molecule has 1 fully saturated rings. The Morgan fingerprint density at radius 3 is 2.62 bits per heavy atom. The van der Waals surface area contributed by atoms with Crippen LogP contribution < -0.4 is 4.90 Å². The van der Waals surface area contributed by atoms with Crippen molar-refractivity contribution in [3.63, 3.8) is 0 Å². The first-order chi connectivity index (χ1) is 12.5. The van der Waals surface area contributed by atoms with Crippen molar-refractivity contribution in [1.82, 2.24) is 0 Å². The number of phenols is 1. The molecule has 2 aromatic carbocycles. The number of aliphatic imine (C=N–C) groups is 1. The molecule has 0 aliphatic carbocycles. The molecule has 8 heteroatoms. The molecule has 0 spiro atoms. The number of nitro benzene ring substituents is 1. The van der Waals surface area contributed by atoms with E-state index in [2.05, 4.69) is 25.8 Å². The molecule has 2 aromatic rings. The fraction of sp³-hybridized carbons (Fsp3) is 0.278. The van der Waals surface area contributed by atoms with Crippen molar-refractivity contribution in [2.24, 2.45) is 4.99 Å². The molecule has 0 atom stereocenters. The maximum Gasteiger partial charge on any atom is 0.312 e. The number of nitro groups is 1. The fourth-order valence-corrected chi connectivity index (χ4v) is 3.71. The van der Waals surface area contributed by atoms with Crippen LogP contribution in [0.15, 0.2) is 39.8 Å². The van der Waals surface area contributed by atoms with Gasteiger partial charge in [0.2, 0.25) is 5.75 Å². The largest absolute Gasteiger partial charge is 0.502 e. The quantitative estimate of drug-likeness (QED) is 0.391. The second-order valence-electron chi connectivity index (χ2n) is 6.06. The summed E-state index contributed by atoms with van der Waals surface area (Å²) in [5.41, 5.74) is 1.48. The molecule has 0 saturated carbocycles. The van der Waals surface area contributed by atoms with Gasteiger partial charge in [-0.2, -0.15) is 0 Å². The van der Waals surface area contributed by atoms with Crippen LogP contribution in [0, 0.1) is 10.1 Å². The SMILES string of the molecule is O=[N+]([O-])c1cc(Br)cc(C=Nc2ccc(N3CCCCC3)c(Cl)c2)c1O. The average Bonchev–Trinajstić information content (AvgIpc) is 2.62. The molecule has 1 heterocycles. The first-order valence-corrected chi connectivity index (χ1v) is 9.38. The van der Waals surface area contributed by atoms with Crippen LogP contribution in [0.5, 0.6) is 5.75 Å². The first kappa shape index (κ1) is 18.7. The van der Waals surface area contributed by atoms with Gasteiger partial charge in [0, 0.05) is 35.4 Å². The molecule has 0 radical (unpaired) electrons. The summed E-state index contributed by atoms with van der Waals surface area (Å²) in [6.45, 7) is 2.00. The Bertz CT molecular complexity index is 867. The van der Waals surface area contributed by atoms with Gasteiger partial charge in [-0.15, -0.1) is 0 Å². The second-order valence-corrected chi connectivity index (χ2v) is 7.38. The predicted octanol–water partition coefficient (Wildman–Crippen LogP) is 5.46. The number of aromatic hydroxyl groups is 1. The number of hydrogen-bond acceptors (Lipinski definition) is 5. The van der Waals surface area contributed by atoms with Crippen LogP contribution in [0.3, 0.4) is 0 Å². The molecule has 136 valence electrons. The number of benzene rings is 2. The number of nitrogens with zero attached hydrogens (tertiary/aromatic N) is 3. The Kier molecular flexibility index (Phi) is 5.78. The molecule has 0 unspecified atom stereocenters. The lowest BCUT2D eigenvalue weighted by Gasteiger charge is -2.29. The standard InChI is InChI=1S/C18H17BrClN3O3/c19-13-8-12(18(24)17(9-13)23(25)26)11-21-14-4-5-16(15(20)10-14)22-6-2-1-3-7-22/h4-5,8-11,24H,1-3,6-7H2. The monoisotopic (exact) mass is 437 g/mol. The van der Waals surface area contributed by atoms with E-state index in [1.165, 1.54) is 18.7 Å². The Labute approximate surface area is 164 Å². The summed E-state index contributed by atoms with van der Waals surface area (Å²) >= 11 is 9.61. The molecule has 26 heavy (non-hydrogen) atoms. The topological polar surface area (TPSA) is 79.0 Å². The molecular weight excluding hydrogens is 422 g/mol. The summed E-state index contributed by atoms with van der Waals surface area (Å²) in [6.07, 6.45) is 4.96. The highest BCUT2D eigenvalue weighted by Gasteiger charge is 2.18. The third kappa shape index (κ3) is 4.16. The summed E-state index contributed by atoms with van der Waals surface area (Å²) in [5, 5.41) is 21.7. The van der Waals surface area contributed by atoms with Gasteiger partial charge < -0.3 is 10.0 Å². The lowest BCUT2D eigenvalue weighted by molar-refractivity contribution is -0.385. The van der Waals surface area contributed by atoms with E-state index in [1.807, 2.05) is 12.1 Å². The number of piperidine rings is 1. The van der Waals surface area contributed by atoms with Crippen molar-refractivity contribution in [1.29, 1.82) is 0 Å². The van der Waals surface area contributed by atoms with Crippen molar-refractivity contribution in [3.8, 4) is 5.75 Å². The lowest BCUT2D eigenvalue weighted by atomic mass is 10.1. The molecule has 1 saturated heterocycles. The summed E-state index contributed by atoms with van der Waals surface area (Å²) in [6, 6.07) is 8.34. The molecule has 0 aromatic heterocycles. The van der Waals surface area contributed by atoms with Gasteiger partial charge in [-0.05, 0) is 43.5 Å². The van der Waals surface area contributed by atoms with Crippen molar-refractivity contribution in [3.05, 3.63) is 55.5 Å². The third-order valence-electron chi connectivity index (χ3n) is 4.26. The van der Waals surface area contributed by atoms with Crippen LogP contribution in [0.1, 0.15) is 24.8 Å². The Balaban J connectivity index is 1.85. The van der Waals surface area contributed by atoms with Crippen molar-refractivity contribution >= 4 is 50.8 Å². The third-order valence-corrected chi connectivity index (χ3v) is 5.02. The van der Waals surface area contributed by atoms with E-state index in [0.717, 1.165) is 31.6 Å². The van der Waals surface area contributed by atoms with Crippen LogP contribution in [-0.2, 0) is 0 Å². The van der Waals surface area contributed by atoms with Crippen LogP contribution in [0.2, 0.25) is 5.02 Å². The van der Waals surface area contributed by atoms with Gasteiger partial charge in [0.05, 0.1) is 21.3 Å². The van der Waals surface area contributed by atoms with Gasteiger partial charge in [-0.25, -0.2) is 0 Å². The first-order valence-electron chi connectivity index (χ1n) is 8.21. The maximum absolute atomic E-state index is 11.0. The zero-order chi connectivity index (χ0) is 18.7. The summed E-state index contributed by atoms with van der Waals surface area (Å²) in [5.74, 6) is -0.419. The van der Waals surface area contributed by atoms with Crippen LogP contribution >= 0.6 is 27.5 Å². The van der Waals surface area contributed by atoms with E-state index < -0.39 is 10.7 Å². The normalized spacial score (nSPS) is 14.8. The molecule has 1 N–H and O–H groups in total. The minimum atomic E-state index is -0.637. The zero-order valence-corrected chi connectivity index (χ0v) is 16.2. The Morgan fingerprint density at radius 1 is 1.23 bits per heavy atom. The Morgan fingerprint density at radius 2 is 1.96 bits per heavy atom. The molecule has 0 bridgehead atoms. The number of halogens is 2. The van der Waals surface area contributed by atoms with Crippen molar-refractivity contribution in [2.75, 3.05) is 18.0 Å². The fourth-order valence-electron chi connectivity index (χ4n) is 2.95. The van der Waals surface area contributed by atoms with E-state index >= 15 is 0 Å². The molecule has 3 rings (SSSR count). The van der Waals surface area contributed by atoms with E-state index in [4.69, 9.17) is 11.6 Å². The number of rotatable bonds is 4. The summed E-state index contributed by atoms with van der Waals surface area (Å²) < 4.78 is 0.488. The molecule has 0 amide bonds. The van der Waals surface area contributed by atoms with Gasteiger partial charge >= 0.3 is 5.69 Å². The van der Waals surface area contributed by atoms with Gasteiger partial charge in [-0.3, -0.25) is 15.1 Å². The smallest absolute Gasteiger partial charge is 0.312 e. The van der Waals surface area contributed by atoms with E-state index in [1.54, 1.807) is 12.1 Å². The van der Waals surface area contributed by atoms with Gasteiger partial charge in [0.15, 0.2) is 0 Å². The summed E-state index contributed by atoms with van der Waals surface area (Å²) in [4.78, 5) is 16.9. The lowest BCUT2D eigenvalue weighted by Crippen LogP contribution is -2.29. The van der Waals surface area contributed by atoms with Gasteiger partial charge in [0.1, 0.15) is 0 Å². The molecular formula is C18H17BrClN3O3. The minimum Gasteiger partial charge on any atom is -0.502 e. The van der Waals surface area contributed by atoms with E-state index in [0.29, 0.717) is 15.2 Å². The van der Waals surface area contributed by atoms with Crippen molar-refractivity contribution in [2.45, 2.75) is 19.3 Å². The number of phenolic OH excluding ortho intramolecular Hbond substituents is 1. The van der Waals surface area contributed by atoms with Crippen molar-refractivity contribution < 1.29 is 10.0 Å². The summed E-state index contributed by atoms with van der Waals surface area (Å²) in [7, 11) is 0. The number of anilines is 1. The average molecular weight is 439 g/mol. The molecule has 6 nitrogen and oxygen atoms in total. The highest BCUT2D eigenvalue weighted by Crippen LogP contribution is 2.34. The molecule has 1 aliphatic heterocycles. The maximum atomic E-state index is 11.0. The second kappa shape index (κ2) is 8.05. The van der Waals surface area contributed by atoms with Crippen LogP contribution in [-0.4, -0.2) is 29.3 Å². The highest BCUT2D eigenvalue weighted by atomic mass is 79.9. The van der Waals surface area contributed by atoms with Crippen LogP contribution in [0.25, 0.3) is 0 Å². The van der Waals surface area contributed by atoms with Gasteiger partial charge in [0.25, 0.3) is 0 Å². The Hall–Kier alpha value is -2.12. The zero-order valence-electron chi connectivity index (χ0n) is 13.9. The number of hydrogen-bond donors (Lipinski definition) is 1. The van der Waals surface area contributed by atoms with E-state index in [9.17, 15) is 15.2 Å². The minimum absolute atomic E-state index is 0.252. The predicted molar refractivity (Wildman–Crippen MR) is 107 cm³/mol. The van der Waals surface area contributed by atoms with Gasteiger partial charge in [-0.1, -0.05) is 27.5 Å². The highest BCUT2D eigenvalue weighted by molar-refractivity contribution is 9.10. The molecule has 1 aliphatic rings.